The van der Waals surface area contributed by atoms with Crippen LogP contribution >= 0.6 is 0 Å². The zero-order valence-electron chi connectivity index (χ0n) is 10.2. The Kier molecular flexibility index (Phi) is 3.46. The highest BCUT2D eigenvalue weighted by molar-refractivity contribution is 5.99. The van der Waals surface area contributed by atoms with Crippen LogP contribution in [0.3, 0.4) is 0 Å². The van der Waals surface area contributed by atoms with Crippen LogP contribution in [0.25, 0.3) is 0 Å². The quantitative estimate of drug-likeness (QED) is 0.651. The molecule has 94 valence electrons. The molecule has 0 heterocycles. The van der Waals surface area contributed by atoms with Crippen LogP contribution in [0.5, 0.6) is 0 Å². The van der Waals surface area contributed by atoms with Crippen molar-refractivity contribution < 1.29 is 14.3 Å². The molecule has 0 fully saturated rings. The van der Waals surface area contributed by atoms with Gasteiger partial charge < -0.3 is 10.1 Å². The molecule has 4 nitrogen and oxygen atoms in total. The molecule has 4 heteroatoms. The third-order valence-corrected chi connectivity index (χ3v) is 3.17. The van der Waals surface area contributed by atoms with Crippen LogP contribution in [-0.4, -0.2) is 19.0 Å². The fraction of sp³-hybridized carbons (Fsp3) is 0.286. The molecule has 0 spiro atoms. The van der Waals surface area contributed by atoms with Crippen molar-refractivity contribution >= 4 is 17.6 Å². The Balaban J connectivity index is 2.24. The summed E-state index contributed by atoms with van der Waals surface area (Å²) in [6.07, 6.45) is 2.50. The van der Waals surface area contributed by atoms with E-state index < -0.39 is 0 Å². The Morgan fingerprint density at radius 3 is 2.89 bits per heavy atom. The summed E-state index contributed by atoms with van der Waals surface area (Å²) in [5.74, 6) is -0.594. The second-order valence-corrected chi connectivity index (χ2v) is 4.26. The number of nitrogens with one attached hydrogen (secondary N) is 1. The summed E-state index contributed by atoms with van der Waals surface area (Å²) in [7, 11) is 1.39. The number of hydrogen-bond acceptors (Lipinski definition) is 3. The molecular formula is C14H15NO3. The van der Waals surface area contributed by atoms with E-state index in [4.69, 9.17) is 4.74 Å². The molecule has 1 N–H and O–H groups in total. The Hall–Kier alpha value is -2.10. The molecule has 0 bridgehead atoms. The fourth-order valence-electron chi connectivity index (χ4n) is 2.29. The number of esters is 1. The van der Waals surface area contributed by atoms with Gasteiger partial charge in [-0.2, -0.15) is 0 Å². The van der Waals surface area contributed by atoms with Gasteiger partial charge >= 0.3 is 5.97 Å². The number of hydrogen-bond donors (Lipinski definition) is 1. The summed E-state index contributed by atoms with van der Waals surface area (Å²) in [5, 5.41) is 2.76. The van der Waals surface area contributed by atoms with Gasteiger partial charge in [-0.1, -0.05) is 18.7 Å². The van der Waals surface area contributed by atoms with Crippen molar-refractivity contribution in [2.24, 2.45) is 5.92 Å². The maximum absolute atomic E-state index is 11.5. The van der Waals surface area contributed by atoms with E-state index >= 15 is 0 Å². The van der Waals surface area contributed by atoms with E-state index in [1.54, 1.807) is 0 Å². The number of ether oxygens (including phenoxy) is 1. The molecule has 2 rings (SSSR count). The maximum atomic E-state index is 11.5. The van der Waals surface area contributed by atoms with Crippen LogP contribution < -0.4 is 5.32 Å². The summed E-state index contributed by atoms with van der Waals surface area (Å²) in [6.45, 7) is 3.42. The normalized spacial score (nSPS) is 16.8. The first kappa shape index (κ1) is 12.4. The minimum Gasteiger partial charge on any atom is -0.469 e. The van der Waals surface area contributed by atoms with Gasteiger partial charge in [0.2, 0.25) is 5.91 Å². The number of benzene rings is 1. The smallest absolute Gasteiger partial charge is 0.309 e. The van der Waals surface area contributed by atoms with Crippen molar-refractivity contribution in [1.82, 2.24) is 0 Å². The molecule has 1 unspecified atom stereocenters. The maximum Gasteiger partial charge on any atom is 0.309 e. The number of fused-ring (bicyclic) bond motifs is 1. The van der Waals surface area contributed by atoms with Crippen LogP contribution in [-0.2, 0) is 27.2 Å². The molecule has 1 atom stereocenters. The molecule has 0 aliphatic heterocycles. The van der Waals surface area contributed by atoms with Crippen molar-refractivity contribution in [1.29, 1.82) is 0 Å². The van der Waals surface area contributed by atoms with Crippen molar-refractivity contribution in [3.8, 4) is 0 Å². The van der Waals surface area contributed by atoms with Gasteiger partial charge in [-0.15, -0.1) is 0 Å². The lowest BCUT2D eigenvalue weighted by Gasteiger charge is -2.08. The summed E-state index contributed by atoms with van der Waals surface area (Å²) in [4.78, 5) is 22.9. The number of methoxy groups -OCH3 is 1. The lowest BCUT2D eigenvalue weighted by molar-refractivity contribution is -0.145. The van der Waals surface area contributed by atoms with Crippen LogP contribution in [0.15, 0.2) is 30.9 Å². The van der Waals surface area contributed by atoms with Gasteiger partial charge in [0.15, 0.2) is 0 Å². The number of amides is 1. The second-order valence-electron chi connectivity index (χ2n) is 4.26. The fourth-order valence-corrected chi connectivity index (χ4v) is 2.29. The van der Waals surface area contributed by atoms with Crippen molar-refractivity contribution in [3.05, 3.63) is 42.0 Å². The molecule has 18 heavy (non-hydrogen) atoms. The lowest BCUT2D eigenvalue weighted by atomic mass is 10.1. The van der Waals surface area contributed by atoms with E-state index in [0.29, 0.717) is 12.8 Å². The average molecular weight is 245 g/mol. The topological polar surface area (TPSA) is 55.4 Å². The molecule has 1 aliphatic carbocycles. The summed E-state index contributed by atoms with van der Waals surface area (Å²) < 4.78 is 4.77. The van der Waals surface area contributed by atoms with Crippen molar-refractivity contribution in [3.63, 3.8) is 0 Å². The molecule has 1 amide bonds. The molecule has 0 aromatic heterocycles. The Morgan fingerprint density at radius 1 is 1.44 bits per heavy atom. The monoisotopic (exact) mass is 245 g/mol. The molecule has 1 aromatic rings. The molecular weight excluding hydrogens is 230 g/mol. The number of carbonyl (C=O) groups excluding carboxylic acids is 2. The molecule has 0 saturated carbocycles. The number of anilines is 1. The third kappa shape index (κ3) is 2.27. The number of rotatable bonds is 3. The van der Waals surface area contributed by atoms with Crippen LogP contribution in [0.4, 0.5) is 5.69 Å². The van der Waals surface area contributed by atoms with E-state index in [1.807, 2.05) is 18.2 Å². The van der Waals surface area contributed by atoms with E-state index in [0.717, 1.165) is 16.8 Å². The van der Waals surface area contributed by atoms with Gasteiger partial charge in [-0.05, 0) is 36.1 Å². The zero-order valence-corrected chi connectivity index (χ0v) is 10.2. The second kappa shape index (κ2) is 5.04. The zero-order chi connectivity index (χ0) is 13.1. The Bertz CT molecular complexity index is 508. The Labute approximate surface area is 106 Å². The van der Waals surface area contributed by atoms with Gasteiger partial charge in [-0.3, -0.25) is 9.59 Å². The molecule has 1 aromatic carbocycles. The lowest BCUT2D eigenvalue weighted by Crippen LogP contribution is -2.16. The average Bonchev–Trinajstić information content (AvgIpc) is 2.82. The van der Waals surface area contributed by atoms with Crippen molar-refractivity contribution in [2.45, 2.75) is 12.8 Å². The standard InChI is InChI=1S/C14H15NO3/c1-3-13(16)15-12-6-4-5-9-7-10(8-11(9)12)14(17)18-2/h3-6,10H,1,7-8H2,2H3,(H,15,16). The third-order valence-electron chi connectivity index (χ3n) is 3.17. The molecule has 0 radical (unpaired) electrons. The summed E-state index contributed by atoms with van der Waals surface area (Å²) in [5.41, 5.74) is 2.86. The van der Waals surface area contributed by atoms with Crippen LogP contribution in [0.1, 0.15) is 11.1 Å². The van der Waals surface area contributed by atoms with Gasteiger partial charge in [0, 0.05) is 5.69 Å². The van der Waals surface area contributed by atoms with Crippen molar-refractivity contribution in [2.75, 3.05) is 12.4 Å². The van der Waals surface area contributed by atoms with Gasteiger partial charge in [0.25, 0.3) is 0 Å². The predicted molar refractivity (Wildman–Crippen MR) is 68.2 cm³/mol. The van der Waals surface area contributed by atoms with E-state index in [1.165, 1.54) is 13.2 Å². The van der Waals surface area contributed by atoms with E-state index in [2.05, 4.69) is 11.9 Å². The van der Waals surface area contributed by atoms with E-state index in [-0.39, 0.29) is 17.8 Å². The highest BCUT2D eigenvalue weighted by Crippen LogP contribution is 2.32. The first-order valence-electron chi connectivity index (χ1n) is 5.77. The van der Waals surface area contributed by atoms with Crippen LogP contribution in [0.2, 0.25) is 0 Å². The highest BCUT2D eigenvalue weighted by atomic mass is 16.5. The first-order valence-corrected chi connectivity index (χ1v) is 5.77. The Morgan fingerprint density at radius 2 is 2.22 bits per heavy atom. The molecule has 1 aliphatic rings. The van der Waals surface area contributed by atoms with Crippen LogP contribution in [0, 0.1) is 5.92 Å². The predicted octanol–water partition coefficient (Wildman–Crippen LogP) is 1.70. The number of carbonyl (C=O) groups is 2. The van der Waals surface area contributed by atoms with Gasteiger partial charge in [-0.25, -0.2) is 0 Å². The molecule has 0 saturated heterocycles. The summed E-state index contributed by atoms with van der Waals surface area (Å²) >= 11 is 0. The first-order chi connectivity index (χ1) is 8.65. The minimum absolute atomic E-state index is 0.146. The summed E-state index contributed by atoms with van der Waals surface area (Å²) in [6, 6.07) is 5.68. The van der Waals surface area contributed by atoms with Gasteiger partial charge in [0.05, 0.1) is 13.0 Å². The SMILES string of the molecule is C=CC(=O)Nc1cccc2c1CC(C(=O)OC)C2. The van der Waals surface area contributed by atoms with E-state index in [9.17, 15) is 9.59 Å². The van der Waals surface area contributed by atoms with Gasteiger partial charge in [0.1, 0.15) is 0 Å². The minimum atomic E-state index is -0.245. The highest BCUT2D eigenvalue weighted by Gasteiger charge is 2.29. The largest absolute Gasteiger partial charge is 0.469 e.